The Labute approximate surface area is 292 Å². The Morgan fingerprint density at radius 1 is 0.532 bits per heavy atom. The Balaban J connectivity index is 2.02. The van der Waals surface area contributed by atoms with Crippen molar-refractivity contribution in [3.8, 4) is 11.5 Å². The number of phenols is 2. The standard InChI is InChI=1S/C44H66O2S/c1-27-15-19-29(20-16-27)39(31-23-33(41(3,4)5)37(45)34(24-31)42(6,7)8)47-40(30-21-17-28(2)18-22-30)32-25-35(43(9,10)11)38(46)36(26-32)44(12,13)14/h19,21,23-28,39-40,45-46H,15-18,20,22H2,1-14H3. The smallest absolute Gasteiger partial charge is 0.123 e. The molecule has 2 aliphatic rings. The molecule has 0 radical (unpaired) electrons. The molecule has 0 amide bonds. The van der Waals surface area contributed by atoms with Gasteiger partial charge in [-0.2, -0.15) is 0 Å². The van der Waals surface area contributed by atoms with Gasteiger partial charge in [-0.25, -0.2) is 0 Å². The van der Waals surface area contributed by atoms with Crippen LogP contribution in [-0.4, -0.2) is 10.2 Å². The van der Waals surface area contributed by atoms with Crippen LogP contribution in [0.1, 0.15) is 179 Å². The van der Waals surface area contributed by atoms with Gasteiger partial charge in [0.05, 0.1) is 10.5 Å². The number of thioether (sulfide) groups is 1. The van der Waals surface area contributed by atoms with Gasteiger partial charge in [-0.15, -0.1) is 11.8 Å². The van der Waals surface area contributed by atoms with E-state index >= 15 is 0 Å². The minimum absolute atomic E-state index is 0.167. The summed E-state index contributed by atoms with van der Waals surface area (Å²) in [6, 6.07) is 9.31. The maximum atomic E-state index is 11.7. The van der Waals surface area contributed by atoms with Crippen molar-refractivity contribution in [2.75, 3.05) is 0 Å². The van der Waals surface area contributed by atoms with E-state index in [1.807, 2.05) is 0 Å². The van der Waals surface area contributed by atoms with Crippen molar-refractivity contribution < 1.29 is 10.2 Å². The molecule has 0 heterocycles. The van der Waals surface area contributed by atoms with Crippen molar-refractivity contribution in [3.63, 3.8) is 0 Å². The van der Waals surface area contributed by atoms with Crippen LogP contribution < -0.4 is 0 Å². The predicted octanol–water partition coefficient (Wildman–Crippen LogP) is 13.3. The molecule has 0 aromatic heterocycles. The third kappa shape index (κ3) is 8.73. The molecular weight excluding hydrogens is 593 g/mol. The number of allylic oxidation sites excluding steroid dienone is 2. The minimum atomic E-state index is -0.188. The van der Waals surface area contributed by atoms with Crippen LogP contribution in [0.25, 0.3) is 0 Å². The van der Waals surface area contributed by atoms with Gasteiger partial charge in [-0.3, -0.25) is 0 Å². The van der Waals surface area contributed by atoms with E-state index in [4.69, 9.17) is 0 Å². The van der Waals surface area contributed by atoms with Crippen molar-refractivity contribution in [1.82, 2.24) is 0 Å². The normalized spacial score (nSPS) is 21.2. The highest BCUT2D eigenvalue weighted by Crippen LogP contribution is 2.55. The first kappa shape index (κ1) is 37.7. The zero-order valence-electron chi connectivity index (χ0n) is 32.3. The Kier molecular flexibility index (Phi) is 10.9. The third-order valence-electron chi connectivity index (χ3n) is 10.5. The largest absolute Gasteiger partial charge is 0.507 e. The summed E-state index contributed by atoms with van der Waals surface area (Å²) in [7, 11) is 0. The number of hydrogen-bond acceptors (Lipinski definition) is 3. The van der Waals surface area contributed by atoms with Gasteiger partial charge in [0.25, 0.3) is 0 Å². The molecule has 2 aromatic carbocycles. The molecule has 4 atom stereocenters. The fourth-order valence-electron chi connectivity index (χ4n) is 7.25. The molecule has 2 nitrogen and oxygen atoms in total. The second kappa shape index (κ2) is 13.6. The fraction of sp³-hybridized carbons (Fsp3) is 0.636. The van der Waals surface area contributed by atoms with Crippen LogP contribution in [0.4, 0.5) is 0 Å². The lowest BCUT2D eigenvalue weighted by Gasteiger charge is -2.35. The molecule has 47 heavy (non-hydrogen) atoms. The lowest BCUT2D eigenvalue weighted by Crippen LogP contribution is -2.20. The SMILES string of the molecule is CC1CC=C(C(SC(C2=CCC(C)CC2)c2cc(C(C)(C)C)c(O)c(C(C)(C)C)c2)c2cc(C(C)(C)C)c(O)c(C(C)(C)C)c2)CC1. The molecule has 0 spiro atoms. The maximum Gasteiger partial charge on any atom is 0.123 e. The summed E-state index contributed by atoms with van der Waals surface area (Å²) in [5, 5.41) is 23.7. The van der Waals surface area contributed by atoms with E-state index in [0.717, 1.165) is 47.9 Å². The summed E-state index contributed by atoms with van der Waals surface area (Å²) < 4.78 is 0. The summed E-state index contributed by atoms with van der Waals surface area (Å²) in [6.07, 6.45) is 12.0. The maximum absolute atomic E-state index is 11.7. The zero-order valence-corrected chi connectivity index (χ0v) is 33.1. The summed E-state index contributed by atoms with van der Waals surface area (Å²) >= 11 is 2.10. The van der Waals surface area contributed by atoms with Gasteiger partial charge in [0.15, 0.2) is 0 Å². The van der Waals surface area contributed by atoms with E-state index in [1.165, 1.54) is 35.1 Å². The lowest BCUT2D eigenvalue weighted by atomic mass is 9.77. The quantitative estimate of drug-likeness (QED) is 0.303. The average molecular weight is 659 g/mol. The molecule has 2 aliphatic carbocycles. The van der Waals surface area contributed by atoms with E-state index in [-0.39, 0.29) is 32.2 Å². The van der Waals surface area contributed by atoms with Crippen molar-refractivity contribution in [2.24, 2.45) is 11.8 Å². The highest BCUT2D eigenvalue weighted by Gasteiger charge is 2.35. The van der Waals surface area contributed by atoms with Crippen molar-refractivity contribution >= 4 is 11.8 Å². The summed E-state index contributed by atoms with van der Waals surface area (Å²) in [5.74, 6) is 2.32. The van der Waals surface area contributed by atoms with E-state index < -0.39 is 0 Å². The van der Waals surface area contributed by atoms with Crippen LogP contribution in [0.3, 0.4) is 0 Å². The van der Waals surface area contributed by atoms with Crippen LogP contribution >= 0.6 is 11.8 Å². The summed E-state index contributed by atoms with van der Waals surface area (Å²) in [5.41, 5.74) is 9.06. The molecule has 2 aromatic rings. The van der Waals surface area contributed by atoms with E-state index in [9.17, 15) is 10.2 Å². The van der Waals surface area contributed by atoms with Crippen molar-refractivity contribution in [3.05, 3.63) is 80.9 Å². The molecule has 4 unspecified atom stereocenters. The molecular formula is C44H66O2S. The fourth-order valence-corrected chi connectivity index (χ4v) is 8.88. The van der Waals surface area contributed by atoms with E-state index in [1.54, 1.807) is 0 Å². The van der Waals surface area contributed by atoms with Gasteiger partial charge in [0.2, 0.25) is 0 Å². The monoisotopic (exact) mass is 658 g/mol. The van der Waals surface area contributed by atoms with Crippen LogP contribution in [0, 0.1) is 11.8 Å². The van der Waals surface area contributed by atoms with Crippen LogP contribution in [-0.2, 0) is 21.7 Å². The van der Waals surface area contributed by atoms with E-state index in [2.05, 4.69) is 145 Å². The average Bonchev–Trinajstić information content (AvgIpc) is 2.93. The zero-order chi connectivity index (χ0) is 35.3. The molecule has 0 aliphatic heterocycles. The first-order chi connectivity index (χ1) is 21.5. The number of aromatic hydroxyl groups is 2. The molecule has 0 saturated heterocycles. The molecule has 3 heteroatoms. The van der Waals surface area contributed by atoms with Gasteiger partial charge in [0, 0.05) is 0 Å². The molecule has 0 saturated carbocycles. The first-order valence-corrected chi connectivity index (χ1v) is 19.2. The third-order valence-corrected chi connectivity index (χ3v) is 12.2. The van der Waals surface area contributed by atoms with Gasteiger partial charge >= 0.3 is 0 Å². The van der Waals surface area contributed by atoms with Gasteiger partial charge in [-0.05, 0) is 105 Å². The van der Waals surface area contributed by atoms with Crippen LogP contribution in [0.15, 0.2) is 47.6 Å². The Bertz CT molecular complexity index is 1310. The summed E-state index contributed by atoms with van der Waals surface area (Å²) in [6.45, 7) is 31.4. The Hall–Kier alpha value is -2.13. The molecule has 0 fully saturated rings. The number of benzene rings is 2. The number of rotatable bonds is 6. The lowest BCUT2D eigenvalue weighted by molar-refractivity contribution is 0.422. The van der Waals surface area contributed by atoms with Gasteiger partial charge in [-0.1, -0.05) is 144 Å². The number of phenolic OH excluding ortho intramolecular Hbond substituents is 2. The molecule has 4 rings (SSSR count). The second-order valence-corrected chi connectivity index (χ2v) is 20.4. The Morgan fingerprint density at radius 2 is 0.809 bits per heavy atom. The minimum Gasteiger partial charge on any atom is -0.507 e. The Morgan fingerprint density at radius 3 is 1.02 bits per heavy atom. The van der Waals surface area contributed by atoms with Crippen molar-refractivity contribution in [1.29, 1.82) is 0 Å². The second-order valence-electron chi connectivity index (χ2n) is 19.1. The highest BCUT2D eigenvalue weighted by atomic mass is 32.2. The van der Waals surface area contributed by atoms with Gasteiger partial charge < -0.3 is 10.2 Å². The first-order valence-electron chi connectivity index (χ1n) is 18.3. The van der Waals surface area contributed by atoms with Gasteiger partial charge in [0.1, 0.15) is 11.5 Å². The molecule has 2 N–H and O–H groups in total. The molecule has 0 bridgehead atoms. The van der Waals surface area contributed by atoms with Crippen LogP contribution in [0.2, 0.25) is 0 Å². The van der Waals surface area contributed by atoms with Crippen LogP contribution in [0.5, 0.6) is 11.5 Å². The summed E-state index contributed by atoms with van der Waals surface area (Å²) in [4.78, 5) is 0. The number of hydrogen-bond donors (Lipinski definition) is 2. The van der Waals surface area contributed by atoms with E-state index in [0.29, 0.717) is 23.3 Å². The highest BCUT2D eigenvalue weighted by molar-refractivity contribution is 8.00. The topological polar surface area (TPSA) is 40.5 Å². The predicted molar refractivity (Wildman–Crippen MR) is 206 cm³/mol. The van der Waals surface area contributed by atoms with Crippen molar-refractivity contribution in [2.45, 2.75) is 168 Å². The molecule has 260 valence electrons.